The van der Waals surface area contributed by atoms with Gasteiger partial charge in [0, 0.05) is 18.7 Å². The molecule has 3 aromatic rings. The minimum Gasteiger partial charge on any atom is -0.467 e. The topological polar surface area (TPSA) is 62.2 Å². The van der Waals surface area contributed by atoms with Gasteiger partial charge >= 0.3 is 0 Å². The Hall–Kier alpha value is -3.28. The van der Waals surface area contributed by atoms with Crippen LogP contribution in [-0.2, 0) is 11.2 Å². The number of anilines is 1. The van der Waals surface area contributed by atoms with Crippen LogP contribution in [0.25, 0.3) is 0 Å². The summed E-state index contributed by atoms with van der Waals surface area (Å²) in [5.74, 6) is 1.38. The molecule has 6 heteroatoms. The number of nitrogens with zero attached hydrogens (tertiary/aromatic N) is 3. The smallest absolute Gasteiger partial charge is 0.262 e. The summed E-state index contributed by atoms with van der Waals surface area (Å²) >= 11 is 0. The van der Waals surface area contributed by atoms with Crippen molar-refractivity contribution in [3.8, 4) is 0 Å². The summed E-state index contributed by atoms with van der Waals surface area (Å²) < 4.78 is 11.1. The third-order valence-corrected chi connectivity index (χ3v) is 5.38. The number of fused-ring (bicyclic) bond motifs is 1. The molecule has 0 saturated heterocycles. The van der Waals surface area contributed by atoms with Gasteiger partial charge in [-0.1, -0.05) is 18.2 Å². The van der Waals surface area contributed by atoms with E-state index in [0.717, 1.165) is 36.5 Å². The molecule has 0 saturated carbocycles. The standard InChI is InChI=1S/C22H21N3O3/c26-22(15-24-11-3-7-16-6-1-2-8-18(16)24)25-19(21-10-5-13-28-21)14-17(23-25)20-9-4-12-27-20/h1-2,4-6,8-10,12-13,19H,3,7,11,14-15H2/t19-/m1/s1. The largest absolute Gasteiger partial charge is 0.467 e. The van der Waals surface area contributed by atoms with Crippen molar-refractivity contribution < 1.29 is 13.6 Å². The van der Waals surface area contributed by atoms with Crippen molar-refractivity contribution >= 4 is 17.3 Å². The summed E-state index contributed by atoms with van der Waals surface area (Å²) in [5.41, 5.74) is 3.20. The van der Waals surface area contributed by atoms with E-state index in [-0.39, 0.29) is 11.9 Å². The summed E-state index contributed by atoms with van der Waals surface area (Å²) in [4.78, 5) is 15.4. The highest BCUT2D eigenvalue weighted by molar-refractivity contribution is 6.01. The first-order valence-electron chi connectivity index (χ1n) is 9.59. The summed E-state index contributed by atoms with van der Waals surface area (Å²) in [7, 11) is 0. The third kappa shape index (κ3) is 3.01. The minimum absolute atomic E-state index is 0.0420. The molecule has 0 N–H and O–H groups in total. The van der Waals surface area contributed by atoms with Crippen LogP contribution < -0.4 is 4.90 Å². The second-order valence-corrected chi connectivity index (χ2v) is 7.15. The lowest BCUT2D eigenvalue weighted by atomic mass is 10.0. The average Bonchev–Trinajstić information content (AvgIpc) is 3.49. The molecule has 2 aliphatic rings. The molecule has 1 amide bonds. The highest BCUT2D eigenvalue weighted by atomic mass is 16.3. The van der Waals surface area contributed by atoms with Gasteiger partial charge in [0.25, 0.3) is 5.91 Å². The van der Waals surface area contributed by atoms with Gasteiger partial charge < -0.3 is 13.7 Å². The monoisotopic (exact) mass is 375 g/mol. The van der Waals surface area contributed by atoms with Crippen molar-refractivity contribution in [3.05, 3.63) is 78.1 Å². The SMILES string of the molecule is O=C(CN1CCCc2ccccc21)N1N=C(c2ccco2)C[C@@H]1c1ccco1. The molecule has 0 bridgehead atoms. The van der Waals surface area contributed by atoms with E-state index in [1.54, 1.807) is 17.5 Å². The van der Waals surface area contributed by atoms with Gasteiger partial charge in [0.15, 0.2) is 0 Å². The van der Waals surface area contributed by atoms with Crippen LogP contribution in [0.2, 0.25) is 0 Å². The Morgan fingerprint density at radius 1 is 1.07 bits per heavy atom. The number of benzene rings is 1. The fraction of sp³-hybridized carbons (Fsp3) is 0.273. The van der Waals surface area contributed by atoms with Crippen LogP contribution in [0.15, 0.2) is 75.0 Å². The van der Waals surface area contributed by atoms with Gasteiger partial charge in [-0.15, -0.1) is 0 Å². The maximum Gasteiger partial charge on any atom is 0.262 e. The lowest BCUT2D eigenvalue weighted by Crippen LogP contribution is -2.40. The summed E-state index contributed by atoms with van der Waals surface area (Å²) in [6, 6.07) is 15.5. The molecule has 5 rings (SSSR count). The van der Waals surface area contributed by atoms with Crippen LogP contribution in [0.1, 0.15) is 36.0 Å². The van der Waals surface area contributed by atoms with Gasteiger partial charge in [0.1, 0.15) is 23.3 Å². The Labute approximate surface area is 163 Å². The number of hydrazone groups is 1. The van der Waals surface area contributed by atoms with Gasteiger partial charge in [-0.25, -0.2) is 5.01 Å². The second-order valence-electron chi connectivity index (χ2n) is 7.15. The highest BCUT2D eigenvalue weighted by Crippen LogP contribution is 2.34. The summed E-state index contributed by atoms with van der Waals surface area (Å²) in [5, 5.41) is 6.17. The lowest BCUT2D eigenvalue weighted by molar-refractivity contribution is -0.131. The van der Waals surface area contributed by atoms with Gasteiger partial charge in [0.2, 0.25) is 0 Å². The molecule has 28 heavy (non-hydrogen) atoms. The molecule has 6 nitrogen and oxygen atoms in total. The van der Waals surface area contributed by atoms with E-state index in [2.05, 4.69) is 28.2 Å². The molecular formula is C22H21N3O3. The quantitative estimate of drug-likeness (QED) is 0.691. The fourth-order valence-corrected chi connectivity index (χ4v) is 4.05. The van der Waals surface area contributed by atoms with Crippen LogP contribution in [0.5, 0.6) is 0 Å². The predicted molar refractivity (Wildman–Crippen MR) is 105 cm³/mol. The maximum atomic E-state index is 13.2. The van der Waals surface area contributed by atoms with Crippen molar-refractivity contribution in [2.45, 2.75) is 25.3 Å². The van der Waals surface area contributed by atoms with E-state index in [9.17, 15) is 4.79 Å². The Bertz CT molecular complexity index is 992. The second kappa shape index (κ2) is 7.03. The zero-order valence-corrected chi connectivity index (χ0v) is 15.5. The van der Waals surface area contributed by atoms with Crippen LogP contribution in [0, 0.1) is 0 Å². The molecular weight excluding hydrogens is 354 g/mol. The summed E-state index contributed by atoms with van der Waals surface area (Å²) in [6.07, 6.45) is 5.93. The van der Waals surface area contributed by atoms with E-state index in [4.69, 9.17) is 8.83 Å². The molecule has 1 atom stereocenters. The number of rotatable bonds is 4. The Morgan fingerprint density at radius 3 is 2.75 bits per heavy atom. The zero-order valence-electron chi connectivity index (χ0n) is 15.5. The molecule has 1 aromatic carbocycles. The van der Waals surface area contributed by atoms with Gasteiger partial charge in [-0.2, -0.15) is 5.10 Å². The Balaban J connectivity index is 1.42. The Kier molecular flexibility index (Phi) is 4.24. The molecule has 0 fully saturated rings. The lowest BCUT2D eigenvalue weighted by Gasteiger charge is -2.32. The number of aryl methyl sites for hydroxylation is 1. The average molecular weight is 375 g/mol. The molecule has 142 valence electrons. The van der Waals surface area contributed by atoms with Crippen LogP contribution in [0.4, 0.5) is 5.69 Å². The number of amides is 1. The molecule has 4 heterocycles. The van der Waals surface area contributed by atoms with E-state index in [1.807, 2.05) is 30.3 Å². The molecule has 0 spiro atoms. The van der Waals surface area contributed by atoms with E-state index in [1.165, 1.54) is 5.56 Å². The normalized spacial score (nSPS) is 18.9. The van der Waals surface area contributed by atoms with Crippen molar-refractivity contribution in [1.82, 2.24) is 5.01 Å². The highest BCUT2D eigenvalue weighted by Gasteiger charge is 2.36. The first-order valence-corrected chi connectivity index (χ1v) is 9.59. The number of carbonyl (C=O) groups is 1. The number of para-hydroxylation sites is 1. The van der Waals surface area contributed by atoms with E-state index < -0.39 is 0 Å². The van der Waals surface area contributed by atoms with Crippen LogP contribution in [0.3, 0.4) is 0 Å². The van der Waals surface area contributed by atoms with Crippen LogP contribution >= 0.6 is 0 Å². The molecule has 2 aromatic heterocycles. The molecule has 0 unspecified atom stereocenters. The van der Waals surface area contributed by atoms with E-state index >= 15 is 0 Å². The van der Waals surface area contributed by atoms with Gasteiger partial charge in [-0.3, -0.25) is 4.79 Å². The number of hydrogen-bond donors (Lipinski definition) is 0. The number of carbonyl (C=O) groups excluding carboxylic acids is 1. The first-order chi connectivity index (χ1) is 13.8. The molecule has 0 radical (unpaired) electrons. The molecule has 2 aliphatic heterocycles. The fourth-order valence-electron chi connectivity index (χ4n) is 4.05. The first kappa shape index (κ1) is 16.9. The van der Waals surface area contributed by atoms with Gasteiger partial charge in [0.05, 0.1) is 19.1 Å². The van der Waals surface area contributed by atoms with Gasteiger partial charge in [-0.05, 0) is 48.7 Å². The van der Waals surface area contributed by atoms with Crippen molar-refractivity contribution in [2.24, 2.45) is 5.10 Å². The van der Waals surface area contributed by atoms with E-state index in [0.29, 0.717) is 18.7 Å². The summed E-state index contributed by atoms with van der Waals surface area (Å²) in [6.45, 7) is 1.17. The minimum atomic E-state index is -0.248. The number of furan rings is 2. The number of hydrogen-bond acceptors (Lipinski definition) is 5. The van der Waals surface area contributed by atoms with Crippen molar-refractivity contribution in [1.29, 1.82) is 0 Å². The Morgan fingerprint density at radius 2 is 1.93 bits per heavy atom. The predicted octanol–water partition coefficient (Wildman–Crippen LogP) is 4.00. The molecule has 0 aliphatic carbocycles. The van der Waals surface area contributed by atoms with Crippen molar-refractivity contribution in [2.75, 3.05) is 18.0 Å². The zero-order chi connectivity index (χ0) is 18.9. The third-order valence-electron chi connectivity index (χ3n) is 5.38. The van der Waals surface area contributed by atoms with Crippen LogP contribution in [-0.4, -0.2) is 29.7 Å². The van der Waals surface area contributed by atoms with Crippen molar-refractivity contribution in [3.63, 3.8) is 0 Å². The maximum absolute atomic E-state index is 13.2.